The van der Waals surface area contributed by atoms with E-state index in [1.165, 1.54) is 6.26 Å². The number of furan rings is 1. The normalized spacial score (nSPS) is 16.6. The summed E-state index contributed by atoms with van der Waals surface area (Å²) in [6.45, 7) is 5.12. The number of sulfone groups is 1. The van der Waals surface area contributed by atoms with Gasteiger partial charge in [0.2, 0.25) is 0 Å². The van der Waals surface area contributed by atoms with E-state index in [1.807, 2.05) is 19.1 Å². The second kappa shape index (κ2) is 8.89. The Labute approximate surface area is 165 Å². The highest BCUT2D eigenvalue weighted by molar-refractivity contribution is 7.89. The van der Waals surface area contributed by atoms with Crippen LogP contribution in [0.4, 0.5) is 0 Å². The van der Waals surface area contributed by atoms with Gasteiger partial charge in [0.1, 0.15) is 11.5 Å². The molecule has 2 aromatic rings. The molecule has 0 aliphatic carbocycles. The molecule has 1 N–H and O–H groups in total. The standard InChI is InChI=1S/C20H26N2O5S/c1-15-6-7-19(27-15)18(22-8-10-26-11-9-22)13-21-20(23)17-5-3-4-16(12-17)14-28(2,24)25/h3-7,12,18H,8-11,13-14H2,1-2H3,(H,21,23). The summed E-state index contributed by atoms with van der Waals surface area (Å²) in [7, 11) is -3.16. The molecule has 1 saturated heterocycles. The number of amides is 1. The van der Waals surface area contributed by atoms with Crippen LogP contribution in [0.15, 0.2) is 40.8 Å². The van der Waals surface area contributed by atoms with Crippen molar-refractivity contribution >= 4 is 15.7 Å². The fraction of sp³-hybridized carbons (Fsp3) is 0.450. The molecule has 0 saturated carbocycles. The molecule has 1 atom stereocenters. The van der Waals surface area contributed by atoms with Crippen LogP contribution in [0.1, 0.15) is 33.5 Å². The van der Waals surface area contributed by atoms with E-state index in [0.29, 0.717) is 30.9 Å². The average Bonchev–Trinajstić information content (AvgIpc) is 3.07. The number of hydrogen-bond donors (Lipinski definition) is 1. The molecule has 3 rings (SSSR count). The summed E-state index contributed by atoms with van der Waals surface area (Å²) in [5, 5.41) is 2.96. The maximum atomic E-state index is 12.7. The monoisotopic (exact) mass is 406 g/mol. The smallest absolute Gasteiger partial charge is 0.251 e. The summed E-state index contributed by atoms with van der Waals surface area (Å²) >= 11 is 0. The van der Waals surface area contributed by atoms with Crippen LogP contribution in [0.3, 0.4) is 0 Å². The van der Waals surface area contributed by atoms with Crippen molar-refractivity contribution < 1.29 is 22.4 Å². The topological polar surface area (TPSA) is 88.9 Å². The molecular weight excluding hydrogens is 380 g/mol. The first-order valence-electron chi connectivity index (χ1n) is 9.25. The van der Waals surface area contributed by atoms with Gasteiger partial charge < -0.3 is 14.5 Å². The molecule has 1 aromatic heterocycles. The molecule has 1 aliphatic heterocycles. The molecule has 1 aliphatic rings. The van der Waals surface area contributed by atoms with Crippen LogP contribution in [0.2, 0.25) is 0 Å². The van der Waals surface area contributed by atoms with E-state index in [0.717, 1.165) is 24.6 Å². The highest BCUT2D eigenvalue weighted by Crippen LogP contribution is 2.23. The first-order chi connectivity index (χ1) is 13.3. The van der Waals surface area contributed by atoms with Gasteiger partial charge >= 0.3 is 0 Å². The number of ether oxygens (including phenoxy) is 1. The highest BCUT2D eigenvalue weighted by Gasteiger charge is 2.26. The number of carbonyl (C=O) groups is 1. The van der Waals surface area contributed by atoms with E-state index >= 15 is 0 Å². The van der Waals surface area contributed by atoms with Crippen molar-refractivity contribution in [1.29, 1.82) is 0 Å². The number of morpholine rings is 1. The molecule has 1 unspecified atom stereocenters. The van der Waals surface area contributed by atoms with Gasteiger partial charge in [-0.1, -0.05) is 12.1 Å². The lowest BCUT2D eigenvalue weighted by atomic mass is 10.1. The van der Waals surface area contributed by atoms with Gasteiger partial charge in [0, 0.05) is 31.5 Å². The third-order valence-electron chi connectivity index (χ3n) is 4.65. The van der Waals surface area contributed by atoms with Crippen LogP contribution >= 0.6 is 0 Å². The number of hydrogen-bond acceptors (Lipinski definition) is 6. The van der Waals surface area contributed by atoms with E-state index < -0.39 is 9.84 Å². The molecule has 28 heavy (non-hydrogen) atoms. The maximum Gasteiger partial charge on any atom is 0.251 e. The molecule has 8 heteroatoms. The van der Waals surface area contributed by atoms with Gasteiger partial charge in [-0.3, -0.25) is 9.69 Å². The number of benzene rings is 1. The van der Waals surface area contributed by atoms with Gasteiger partial charge in [-0.05, 0) is 36.8 Å². The Kier molecular flexibility index (Phi) is 6.53. The van der Waals surface area contributed by atoms with Crippen LogP contribution in [-0.2, 0) is 20.3 Å². The maximum absolute atomic E-state index is 12.7. The summed E-state index contributed by atoms with van der Waals surface area (Å²) in [4.78, 5) is 14.9. The summed E-state index contributed by atoms with van der Waals surface area (Å²) in [6, 6.07) is 10.5. The minimum absolute atomic E-state index is 0.0826. The third-order valence-corrected chi connectivity index (χ3v) is 5.51. The molecule has 1 fully saturated rings. The Morgan fingerprint density at radius 2 is 1.96 bits per heavy atom. The Balaban J connectivity index is 1.70. The Hall–Kier alpha value is -2.16. The number of carbonyl (C=O) groups excluding carboxylic acids is 1. The molecular formula is C20H26N2O5S. The zero-order valence-corrected chi connectivity index (χ0v) is 17.0. The van der Waals surface area contributed by atoms with Crippen LogP contribution in [0, 0.1) is 6.92 Å². The predicted molar refractivity (Wildman–Crippen MR) is 106 cm³/mol. The summed E-state index contributed by atoms with van der Waals surface area (Å²) < 4.78 is 34.2. The molecule has 0 spiro atoms. The highest BCUT2D eigenvalue weighted by atomic mass is 32.2. The van der Waals surface area contributed by atoms with Crippen LogP contribution in [0.5, 0.6) is 0 Å². The van der Waals surface area contributed by atoms with Gasteiger partial charge in [0.05, 0.1) is 25.0 Å². The second-order valence-electron chi connectivity index (χ2n) is 7.09. The molecule has 152 valence electrons. The van der Waals surface area contributed by atoms with Gasteiger partial charge in [-0.2, -0.15) is 0 Å². The van der Waals surface area contributed by atoms with Gasteiger partial charge in [0.25, 0.3) is 5.91 Å². The minimum Gasteiger partial charge on any atom is -0.465 e. The first-order valence-corrected chi connectivity index (χ1v) is 11.3. The van der Waals surface area contributed by atoms with Crippen molar-refractivity contribution in [3.05, 3.63) is 59.0 Å². The number of nitrogens with one attached hydrogen (secondary N) is 1. The Bertz CT molecular complexity index is 916. The SMILES string of the molecule is Cc1ccc(C(CNC(=O)c2cccc(CS(C)(=O)=O)c2)N2CCOCC2)o1. The molecule has 1 amide bonds. The van der Waals surface area contributed by atoms with Crippen molar-refractivity contribution in [2.24, 2.45) is 0 Å². The Morgan fingerprint density at radius 1 is 1.21 bits per heavy atom. The summed E-state index contributed by atoms with van der Waals surface area (Å²) in [6.07, 6.45) is 1.18. The zero-order valence-electron chi connectivity index (χ0n) is 16.2. The van der Waals surface area contributed by atoms with E-state index in [9.17, 15) is 13.2 Å². The fourth-order valence-electron chi connectivity index (χ4n) is 3.33. The summed E-state index contributed by atoms with van der Waals surface area (Å²) in [5.41, 5.74) is 1.04. The fourth-order valence-corrected chi connectivity index (χ4v) is 4.11. The summed E-state index contributed by atoms with van der Waals surface area (Å²) in [5.74, 6) is 1.31. The zero-order chi connectivity index (χ0) is 20.1. The van der Waals surface area contributed by atoms with Crippen molar-refractivity contribution in [2.45, 2.75) is 18.7 Å². The van der Waals surface area contributed by atoms with Crippen molar-refractivity contribution in [3.63, 3.8) is 0 Å². The van der Waals surface area contributed by atoms with Crippen molar-refractivity contribution in [2.75, 3.05) is 39.1 Å². The molecule has 7 nitrogen and oxygen atoms in total. The van der Waals surface area contributed by atoms with E-state index in [-0.39, 0.29) is 17.7 Å². The lowest BCUT2D eigenvalue weighted by Crippen LogP contribution is -2.43. The van der Waals surface area contributed by atoms with E-state index in [4.69, 9.17) is 9.15 Å². The van der Waals surface area contributed by atoms with Crippen LogP contribution < -0.4 is 5.32 Å². The first kappa shape index (κ1) is 20.6. The lowest BCUT2D eigenvalue weighted by molar-refractivity contribution is 0.0117. The van der Waals surface area contributed by atoms with Gasteiger partial charge in [0.15, 0.2) is 9.84 Å². The van der Waals surface area contributed by atoms with E-state index in [2.05, 4.69) is 10.2 Å². The van der Waals surface area contributed by atoms with Gasteiger partial charge in [-0.25, -0.2) is 8.42 Å². The molecule has 0 bridgehead atoms. The second-order valence-corrected chi connectivity index (χ2v) is 9.23. The molecule has 0 radical (unpaired) electrons. The van der Waals surface area contributed by atoms with Crippen LogP contribution in [-0.4, -0.2) is 58.3 Å². The average molecular weight is 407 g/mol. The molecule has 1 aromatic carbocycles. The largest absolute Gasteiger partial charge is 0.465 e. The quantitative estimate of drug-likeness (QED) is 0.756. The lowest BCUT2D eigenvalue weighted by Gasteiger charge is -2.33. The van der Waals surface area contributed by atoms with Crippen molar-refractivity contribution in [1.82, 2.24) is 10.2 Å². The van der Waals surface area contributed by atoms with Gasteiger partial charge in [-0.15, -0.1) is 0 Å². The van der Waals surface area contributed by atoms with E-state index in [1.54, 1.807) is 24.3 Å². The number of nitrogens with zero attached hydrogens (tertiary/aromatic N) is 1. The molecule has 2 heterocycles. The Morgan fingerprint density at radius 3 is 2.61 bits per heavy atom. The third kappa shape index (κ3) is 5.67. The number of aryl methyl sites for hydroxylation is 1. The minimum atomic E-state index is -3.16. The number of rotatable bonds is 7. The van der Waals surface area contributed by atoms with Crippen LogP contribution in [0.25, 0.3) is 0 Å². The van der Waals surface area contributed by atoms with Crippen molar-refractivity contribution in [3.8, 4) is 0 Å². The predicted octanol–water partition coefficient (Wildman–Crippen LogP) is 1.94.